The number of nitrogens with zero attached hydrogens (tertiary/aromatic N) is 2. The molecule has 1 aromatic rings. The van der Waals surface area contributed by atoms with Gasteiger partial charge < -0.3 is 10.4 Å². The van der Waals surface area contributed by atoms with Crippen molar-refractivity contribution in [1.82, 2.24) is 9.62 Å². The molecule has 0 aromatic heterocycles. The molecule has 1 aliphatic heterocycles. The second-order valence-corrected chi connectivity index (χ2v) is 6.87. The number of likely N-dealkylation sites (N-methyl/N-ethyl adjacent to an activating group) is 1. The molecule has 1 fully saturated rings. The standard InChI is InChI=1S/C13H17N3O3S/c1-9-3-4-10(6-14)5-13(9)20(18,19)16(2)11-7-15-8-12(11)17/h3-5,11-12,15,17H,7-8H2,1-2H3/t11-,12-/m1/s1. The lowest BCUT2D eigenvalue weighted by Crippen LogP contribution is -2.44. The van der Waals surface area contributed by atoms with Gasteiger partial charge in [0.2, 0.25) is 10.0 Å². The number of hydrogen-bond donors (Lipinski definition) is 2. The van der Waals surface area contributed by atoms with E-state index < -0.39 is 22.2 Å². The maximum Gasteiger partial charge on any atom is 0.243 e. The van der Waals surface area contributed by atoms with Gasteiger partial charge in [0.05, 0.1) is 28.7 Å². The van der Waals surface area contributed by atoms with Gasteiger partial charge in [-0.1, -0.05) is 6.07 Å². The number of aryl methyl sites for hydroxylation is 1. The van der Waals surface area contributed by atoms with Crippen LogP contribution in [0, 0.1) is 18.3 Å². The van der Waals surface area contributed by atoms with Crippen molar-refractivity contribution in [3.05, 3.63) is 29.3 Å². The summed E-state index contributed by atoms with van der Waals surface area (Å²) in [5.41, 5.74) is 0.879. The molecule has 0 bridgehead atoms. The van der Waals surface area contributed by atoms with Crippen LogP contribution < -0.4 is 5.32 Å². The van der Waals surface area contributed by atoms with Gasteiger partial charge in [-0.05, 0) is 24.6 Å². The number of nitriles is 1. The van der Waals surface area contributed by atoms with Crippen LogP contribution >= 0.6 is 0 Å². The van der Waals surface area contributed by atoms with E-state index in [4.69, 9.17) is 5.26 Å². The lowest BCUT2D eigenvalue weighted by Gasteiger charge is -2.26. The van der Waals surface area contributed by atoms with Gasteiger partial charge in [0, 0.05) is 20.1 Å². The van der Waals surface area contributed by atoms with E-state index in [0.29, 0.717) is 24.2 Å². The van der Waals surface area contributed by atoms with Crippen molar-refractivity contribution in [2.75, 3.05) is 20.1 Å². The fraction of sp³-hybridized carbons (Fsp3) is 0.462. The van der Waals surface area contributed by atoms with Crippen LogP contribution in [-0.2, 0) is 10.0 Å². The molecule has 1 aromatic carbocycles. The Labute approximate surface area is 118 Å². The third-order valence-electron chi connectivity index (χ3n) is 3.59. The van der Waals surface area contributed by atoms with Crippen molar-refractivity contribution in [3.8, 4) is 6.07 Å². The molecular formula is C13H17N3O3S. The van der Waals surface area contributed by atoms with E-state index in [-0.39, 0.29) is 4.90 Å². The van der Waals surface area contributed by atoms with Gasteiger partial charge >= 0.3 is 0 Å². The van der Waals surface area contributed by atoms with Crippen LogP contribution in [0.4, 0.5) is 0 Å². The summed E-state index contributed by atoms with van der Waals surface area (Å²) in [5, 5.41) is 21.7. The summed E-state index contributed by atoms with van der Waals surface area (Å²) < 4.78 is 26.4. The van der Waals surface area contributed by atoms with Crippen molar-refractivity contribution in [1.29, 1.82) is 5.26 Å². The van der Waals surface area contributed by atoms with Crippen LogP contribution in [0.2, 0.25) is 0 Å². The molecular weight excluding hydrogens is 278 g/mol. The maximum atomic E-state index is 12.6. The van der Waals surface area contributed by atoms with Gasteiger partial charge in [0.1, 0.15) is 0 Å². The number of rotatable bonds is 3. The van der Waals surface area contributed by atoms with Crippen molar-refractivity contribution < 1.29 is 13.5 Å². The third-order valence-corrected chi connectivity index (χ3v) is 5.62. The summed E-state index contributed by atoms with van der Waals surface area (Å²) in [7, 11) is -2.28. The molecule has 2 rings (SSSR count). The first-order valence-corrected chi connectivity index (χ1v) is 7.69. The van der Waals surface area contributed by atoms with E-state index in [0.717, 1.165) is 0 Å². The Balaban J connectivity index is 2.42. The predicted molar refractivity (Wildman–Crippen MR) is 73.5 cm³/mol. The Hall–Kier alpha value is -1.46. The molecule has 2 atom stereocenters. The topological polar surface area (TPSA) is 93.4 Å². The summed E-state index contributed by atoms with van der Waals surface area (Å²) in [5.74, 6) is 0. The highest BCUT2D eigenvalue weighted by Crippen LogP contribution is 2.23. The lowest BCUT2D eigenvalue weighted by atomic mass is 10.2. The number of nitrogens with one attached hydrogen (secondary N) is 1. The first-order chi connectivity index (χ1) is 9.37. The quantitative estimate of drug-likeness (QED) is 0.807. The molecule has 0 radical (unpaired) electrons. The van der Waals surface area contributed by atoms with E-state index in [1.165, 1.54) is 17.4 Å². The second kappa shape index (κ2) is 5.50. The molecule has 0 aliphatic carbocycles. The molecule has 0 unspecified atom stereocenters. The molecule has 0 spiro atoms. The monoisotopic (exact) mass is 295 g/mol. The van der Waals surface area contributed by atoms with Crippen LogP contribution in [0.3, 0.4) is 0 Å². The summed E-state index contributed by atoms with van der Waals surface area (Å²) in [6.07, 6.45) is -0.728. The number of sulfonamides is 1. The Morgan fingerprint density at radius 1 is 1.45 bits per heavy atom. The predicted octanol–water partition coefficient (Wildman–Crippen LogP) is -0.180. The third kappa shape index (κ3) is 2.55. The normalized spacial score (nSPS) is 22.9. The first-order valence-electron chi connectivity index (χ1n) is 6.25. The Bertz CT molecular complexity index is 651. The van der Waals surface area contributed by atoms with Gasteiger partial charge in [-0.3, -0.25) is 0 Å². The number of benzene rings is 1. The molecule has 6 nitrogen and oxygen atoms in total. The smallest absolute Gasteiger partial charge is 0.243 e. The molecule has 0 saturated carbocycles. The first kappa shape index (κ1) is 14.9. The lowest BCUT2D eigenvalue weighted by molar-refractivity contribution is 0.136. The number of β-amino-alcohol motifs (C(OH)–C–C–N with tert-alkyl or cyclic N) is 1. The highest BCUT2D eigenvalue weighted by atomic mass is 32.2. The van der Waals surface area contributed by atoms with Crippen LogP contribution in [0.15, 0.2) is 23.1 Å². The molecule has 0 amide bonds. The van der Waals surface area contributed by atoms with Gasteiger partial charge in [-0.15, -0.1) is 0 Å². The minimum Gasteiger partial charge on any atom is -0.390 e. The molecule has 2 N–H and O–H groups in total. The van der Waals surface area contributed by atoms with Crippen molar-refractivity contribution in [2.24, 2.45) is 0 Å². The van der Waals surface area contributed by atoms with Crippen molar-refractivity contribution >= 4 is 10.0 Å². The van der Waals surface area contributed by atoms with Crippen LogP contribution in [0.5, 0.6) is 0 Å². The fourth-order valence-electron chi connectivity index (χ4n) is 2.30. The molecule has 1 saturated heterocycles. The zero-order valence-electron chi connectivity index (χ0n) is 11.4. The van der Waals surface area contributed by atoms with Crippen LogP contribution in [-0.4, -0.2) is 50.1 Å². The van der Waals surface area contributed by atoms with E-state index in [9.17, 15) is 13.5 Å². The minimum absolute atomic E-state index is 0.109. The van der Waals surface area contributed by atoms with Crippen LogP contribution in [0.25, 0.3) is 0 Å². The maximum absolute atomic E-state index is 12.6. The zero-order chi connectivity index (χ0) is 14.9. The van der Waals surface area contributed by atoms with Gasteiger partial charge in [-0.2, -0.15) is 9.57 Å². The summed E-state index contributed by atoms with van der Waals surface area (Å²) in [4.78, 5) is 0.109. The zero-order valence-corrected chi connectivity index (χ0v) is 12.2. The largest absolute Gasteiger partial charge is 0.390 e. The van der Waals surface area contributed by atoms with Gasteiger partial charge in [0.15, 0.2) is 0 Å². The number of aliphatic hydroxyl groups excluding tert-OH is 1. The molecule has 108 valence electrons. The van der Waals surface area contributed by atoms with E-state index >= 15 is 0 Å². The molecule has 1 heterocycles. The SMILES string of the molecule is Cc1ccc(C#N)cc1S(=O)(=O)N(C)[C@@H]1CNC[C@H]1O. The Morgan fingerprint density at radius 3 is 2.70 bits per heavy atom. The van der Waals surface area contributed by atoms with E-state index in [1.54, 1.807) is 19.1 Å². The number of aliphatic hydroxyl groups is 1. The van der Waals surface area contributed by atoms with Crippen LogP contribution in [0.1, 0.15) is 11.1 Å². The van der Waals surface area contributed by atoms with Gasteiger partial charge in [0.25, 0.3) is 0 Å². The second-order valence-electron chi connectivity index (χ2n) is 4.91. The summed E-state index contributed by atoms with van der Waals surface area (Å²) >= 11 is 0. The molecule has 20 heavy (non-hydrogen) atoms. The highest BCUT2D eigenvalue weighted by molar-refractivity contribution is 7.89. The van der Waals surface area contributed by atoms with E-state index in [1.807, 2.05) is 6.07 Å². The Morgan fingerprint density at radius 2 is 2.15 bits per heavy atom. The number of hydrogen-bond acceptors (Lipinski definition) is 5. The Kier molecular flexibility index (Phi) is 4.11. The average Bonchev–Trinajstić information content (AvgIpc) is 2.84. The average molecular weight is 295 g/mol. The summed E-state index contributed by atoms with van der Waals surface area (Å²) in [6.45, 7) is 2.47. The fourth-order valence-corrected chi connectivity index (χ4v) is 3.94. The summed E-state index contributed by atoms with van der Waals surface area (Å²) in [6, 6.07) is 6.01. The van der Waals surface area contributed by atoms with Crippen molar-refractivity contribution in [2.45, 2.75) is 24.0 Å². The van der Waals surface area contributed by atoms with E-state index in [2.05, 4.69) is 5.32 Å². The minimum atomic E-state index is -3.74. The highest BCUT2D eigenvalue weighted by Gasteiger charge is 2.36. The molecule has 1 aliphatic rings. The molecule has 7 heteroatoms. The van der Waals surface area contributed by atoms with Crippen molar-refractivity contribution in [3.63, 3.8) is 0 Å². The van der Waals surface area contributed by atoms with Gasteiger partial charge in [-0.25, -0.2) is 8.42 Å².